The van der Waals surface area contributed by atoms with E-state index in [9.17, 15) is 25.6 Å². The van der Waals surface area contributed by atoms with Gasteiger partial charge >= 0.3 is 0 Å². The standard InChI is InChI=1S/C16H18F2N2O4S2/c1-20(26(23,24)16-10-5-3-8-14(16)18)12-6-11-19-25(21,22)15-9-4-2-7-13(15)17/h2-5,7-10,19H,6,11-12H2,1H3. The van der Waals surface area contributed by atoms with Crippen LogP contribution in [-0.4, -0.2) is 41.3 Å². The molecular weight excluding hydrogens is 386 g/mol. The molecule has 0 saturated carbocycles. The van der Waals surface area contributed by atoms with E-state index in [0.29, 0.717) is 0 Å². The second-order valence-electron chi connectivity index (χ2n) is 5.44. The molecule has 0 amide bonds. The van der Waals surface area contributed by atoms with Gasteiger partial charge in [-0.2, -0.15) is 0 Å². The van der Waals surface area contributed by atoms with Gasteiger partial charge in [-0.15, -0.1) is 0 Å². The summed E-state index contributed by atoms with van der Waals surface area (Å²) in [6.07, 6.45) is 0.123. The van der Waals surface area contributed by atoms with Crippen LogP contribution >= 0.6 is 0 Å². The quantitative estimate of drug-likeness (QED) is 0.682. The molecule has 142 valence electrons. The molecule has 10 heteroatoms. The van der Waals surface area contributed by atoms with Crippen LogP contribution in [0.3, 0.4) is 0 Å². The third-order valence-electron chi connectivity index (χ3n) is 3.59. The van der Waals surface area contributed by atoms with Crippen molar-refractivity contribution < 1.29 is 25.6 Å². The molecule has 0 aliphatic rings. The van der Waals surface area contributed by atoms with Crippen LogP contribution in [0.5, 0.6) is 0 Å². The fourth-order valence-corrected chi connectivity index (χ4v) is 4.61. The zero-order valence-corrected chi connectivity index (χ0v) is 15.5. The monoisotopic (exact) mass is 404 g/mol. The Bertz CT molecular complexity index is 979. The lowest BCUT2D eigenvalue weighted by Gasteiger charge is -2.17. The van der Waals surface area contributed by atoms with Crippen LogP contribution in [0.25, 0.3) is 0 Å². The van der Waals surface area contributed by atoms with Gasteiger partial charge in [0.2, 0.25) is 20.0 Å². The molecule has 2 rings (SSSR count). The molecule has 0 atom stereocenters. The molecule has 6 nitrogen and oxygen atoms in total. The number of benzene rings is 2. The Labute approximate surface area is 151 Å². The molecule has 2 aromatic carbocycles. The van der Waals surface area contributed by atoms with Crippen molar-refractivity contribution in [2.75, 3.05) is 20.1 Å². The SMILES string of the molecule is CN(CCCNS(=O)(=O)c1ccccc1F)S(=O)(=O)c1ccccc1F. The number of hydrogen-bond acceptors (Lipinski definition) is 4. The molecular formula is C16H18F2N2O4S2. The number of nitrogens with one attached hydrogen (secondary N) is 1. The van der Waals surface area contributed by atoms with Crippen molar-refractivity contribution in [3.05, 3.63) is 60.2 Å². The van der Waals surface area contributed by atoms with Crippen molar-refractivity contribution >= 4 is 20.0 Å². The van der Waals surface area contributed by atoms with Gasteiger partial charge in [-0.3, -0.25) is 0 Å². The van der Waals surface area contributed by atoms with Gasteiger partial charge in [0, 0.05) is 20.1 Å². The van der Waals surface area contributed by atoms with Crippen LogP contribution in [0.2, 0.25) is 0 Å². The third kappa shape index (κ3) is 4.64. The van der Waals surface area contributed by atoms with Gasteiger partial charge in [-0.1, -0.05) is 24.3 Å². The van der Waals surface area contributed by atoms with E-state index >= 15 is 0 Å². The molecule has 0 aromatic heterocycles. The molecule has 2 aromatic rings. The lowest BCUT2D eigenvalue weighted by atomic mass is 10.3. The summed E-state index contributed by atoms with van der Waals surface area (Å²) in [4.78, 5) is -0.929. The lowest BCUT2D eigenvalue weighted by Crippen LogP contribution is -2.32. The van der Waals surface area contributed by atoms with Crippen LogP contribution in [0, 0.1) is 11.6 Å². The van der Waals surface area contributed by atoms with Crippen LogP contribution in [0.4, 0.5) is 8.78 Å². The number of rotatable bonds is 8. The molecule has 26 heavy (non-hydrogen) atoms. The van der Waals surface area contributed by atoms with Crippen LogP contribution in [0.1, 0.15) is 6.42 Å². The van der Waals surface area contributed by atoms with E-state index in [1.165, 1.54) is 31.3 Å². The van der Waals surface area contributed by atoms with Crippen molar-refractivity contribution in [1.29, 1.82) is 0 Å². The van der Waals surface area contributed by atoms with E-state index in [1.807, 2.05) is 0 Å². The topological polar surface area (TPSA) is 83.6 Å². The molecule has 0 fully saturated rings. The Morgan fingerprint density at radius 1 is 0.885 bits per heavy atom. The van der Waals surface area contributed by atoms with Crippen molar-refractivity contribution in [2.45, 2.75) is 16.2 Å². The van der Waals surface area contributed by atoms with E-state index in [2.05, 4.69) is 4.72 Å². The number of sulfonamides is 2. The minimum Gasteiger partial charge on any atom is -0.211 e. The third-order valence-corrected chi connectivity index (χ3v) is 6.98. The fourth-order valence-electron chi connectivity index (χ4n) is 2.19. The highest BCUT2D eigenvalue weighted by Gasteiger charge is 2.24. The minimum atomic E-state index is -4.04. The van der Waals surface area contributed by atoms with Crippen molar-refractivity contribution in [2.24, 2.45) is 0 Å². The Balaban J connectivity index is 1.96. The highest BCUT2D eigenvalue weighted by Crippen LogP contribution is 2.18. The molecule has 0 aliphatic carbocycles. The second-order valence-corrected chi connectivity index (χ2v) is 9.19. The Kier molecular flexibility index (Phi) is 6.45. The van der Waals surface area contributed by atoms with Gasteiger partial charge in [0.15, 0.2) is 0 Å². The summed E-state index contributed by atoms with van der Waals surface area (Å²) in [5.41, 5.74) is 0. The first-order valence-electron chi connectivity index (χ1n) is 7.61. The van der Waals surface area contributed by atoms with Crippen LogP contribution in [-0.2, 0) is 20.0 Å². The maximum atomic E-state index is 13.7. The smallest absolute Gasteiger partial charge is 0.211 e. The summed E-state index contributed by atoms with van der Waals surface area (Å²) in [7, 11) is -6.79. The Morgan fingerprint density at radius 2 is 1.38 bits per heavy atom. The lowest BCUT2D eigenvalue weighted by molar-refractivity contribution is 0.454. The summed E-state index contributed by atoms with van der Waals surface area (Å²) >= 11 is 0. The van der Waals surface area contributed by atoms with E-state index in [-0.39, 0.29) is 19.5 Å². The normalized spacial score (nSPS) is 12.5. The predicted octanol–water partition coefficient (Wildman–Crippen LogP) is 1.95. The second kappa shape index (κ2) is 8.21. The van der Waals surface area contributed by atoms with E-state index in [1.54, 1.807) is 0 Å². The van der Waals surface area contributed by atoms with Gasteiger partial charge in [-0.25, -0.2) is 34.6 Å². The summed E-state index contributed by atoms with van der Waals surface area (Å²) in [6.45, 7) is -0.149. The average molecular weight is 404 g/mol. The summed E-state index contributed by atoms with van der Waals surface area (Å²) in [6, 6.07) is 9.92. The molecule has 0 saturated heterocycles. The van der Waals surface area contributed by atoms with Gasteiger partial charge in [0.1, 0.15) is 21.4 Å². The molecule has 0 heterocycles. The Morgan fingerprint density at radius 3 is 1.92 bits per heavy atom. The number of nitrogens with zero attached hydrogens (tertiary/aromatic N) is 1. The summed E-state index contributed by atoms with van der Waals surface area (Å²) in [5.74, 6) is -1.74. The first-order valence-corrected chi connectivity index (χ1v) is 10.5. The molecule has 0 aliphatic heterocycles. The van der Waals surface area contributed by atoms with E-state index < -0.39 is 41.5 Å². The van der Waals surface area contributed by atoms with Crippen LogP contribution in [0.15, 0.2) is 58.3 Å². The van der Waals surface area contributed by atoms with E-state index in [4.69, 9.17) is 0 Å². The highest BCUT2D eigenvalue weighted by molar-refractivity contribution is 7.89. The number of halogens is 2. The average Bonchev–Trinajstić information content (AvgIpc) is 2.59. The summed E-state index contributed by atoms with van der Waals surface area (Å²) in [5, 5.41) is 0. The first-order chi connectivity index (χ1) is 12.2. The zero-order valence-electron chi connectivity index (χ0n) is 13.9. The van der Waals surface area contributed by atoms with E-state index in [0.717, 1.165) is 28.6 Å². The minimum absolute atomic E-state index is 0.0452. The summed E-state index contributed by atoms with van der Waals surface area (Å²) < 4.78 is 79.1. The maximum Gasteiger partial charge on any atom is 0.245 e. The molecule has 0 unspecified atom stereocenters. The largest absolute Gasteiger partial charge is 0.245 e. The van der Waals surface area contributed by atoms with Crippen molar-refractivity contribution in [3.8, 4) is 0 Å². The van der Waals surface area contributed by atoms with Gasteiger partial charge in [0.05, 0.1) is 0 Å². The molecule has 0 bridgehead atoms. The first kappa shape index (κ1) is 20.4. The molecule has 1 N–H and O–H groups in total. The maximum absolute atomic E-state index is 13.7. The van der Waals surface area contributed by atoms with Crippen molar-refractivity contribution in [3.63, 3.8) is 0 Å². The fraction of sp³-hybridized carbons (Fsp3) is 0.250. The molecule has 0 spiro atoms. The van der Waals surface area contributed by atoms with Gasteiger partial charge in [0.25, 0.3) is 0 Å². The van der Waals surface area contributed by atoms with Crippen LogP contribution < -0.4 is 4.72 Å². The van der Waals surface area contributed by atoms with Gasteiger partial charge in [-0.05, 0) is 30.7 Å². The van der Waals surface area contributed by atoms with Gasteiger partial charge < -0.3 is 0 Å². The van der Waals surface area contributed by atoms with Crippen molar-refractivity contribution in [1.82, 2.24) is 9.03 Å². The highest BCUT2D eigenvalue weighted by atomic mass is 32.2. The number of hydrogen-bond donors (Lipinski definition) is 1. The zero-order chi connectivity index (χ0) is 19.4. The predicted molar refractivity (Wildman–Crippen MR) is 92.4 cm³/mol. The Hall–Kier alpha value is -1.88. The molecule has 0 radical (unpaired) electrons.